The first-order valence-corrected chi connectivity index (χ1v) is 9.04. The summed E-state index contributed by atoms with van der Waals surface area (Å²) in [7, 11) is 0. The van der Waals surface area contributed by atoms with Crippen LogP contribution in [0.2, 0.25) is 0 Å². The third kappa shape index (κ3) is 12.8. The second-order valence-electron chi connectivity index (χ2n) is 7.50. The summed E-state index contributed by atoms with van der Waals surface area (Å²) < 4.78 is 0. The van der Waals surface area contributed by atoms with Gasteiger partial charge in [0.15, 0.2) is 0 Å². The minimum Gasteiger partial charge on any atom is -0.393 e. The molecule has 7 atom stereocenters. The molecule has 5 nitrogen and oxygen atoms in total. The van der Waals surface area contributed by atoms with Crippen LogP contribution in [-0.2, 0) is 0 Å². The summed E-state index contributed by atoms with van der Waals surface area (Å²) in [6, 6.07) is 0. The molecule has 0 aromatic rings. The van der Waals surface area contributed by atoms with Gasteiger partial charge in [0.05, 0.1) is 30.5 Å². The molecule has 0 rings (SSSR count). The monoisotopic (exact) mass is 334 g/mol. The molecule has 0 heterocycles. The van der Waals surface area contributed by atoms with Crippen molar-refractivity contribution in [3.8, 4) is 0 Å². The van der Waals surface area contributed by atoms with E-state index in [1.165, 1.54) is 0 Å². The van der Waals surface area contributed by atoms with Gasteiger partial charge >= 0.3 is 0 Å². The van der Waals surface area contributed by atoms with Crippen LogP contribution in [0, 0.1) is 11.8 Å². The fraction of sp³-hybridized carbons (Fsp3) is 1.00. The molecule has 0 aliphatic heterocycles. The zero-order valence-electron chi connectivity index (χ0n) is 15.2. The van der Waals surface area contributed by atoms with Crippen molar-refractivity contribution in [2.45, 2.75) is 103 Å². The van der Waals surface area contributed by atoms with Crippen LogP contribution in [0.25, 0.3) is 0 Å². The minimum atomic E-state index is -0.674. The number of aliphatic hydroxyl groups is 5. The van der Waals surface area contributed by atoms with Gasteiger partial charge in [-0.05, 0) is 63.7 Å². The minimum absolute atomic E-state index is 0.286. The van der Waals surface area contributed by atoms with Crippen LogP contribution in [0.5, 0.6) is 0 Å². The Morgan fingerprint density at radius 2 is 0.913 bits per heavy atom. The molecule has 0 radical (unpaired) electrons. The Morgan fingerprint density at radius 3 is 1.30 bits per heavy atom. The van der Waals surface area contributed by atoms with Gasteiger partial charge in [-0.3, -0.25) is 0 Å². The Bertz CT molecular complexity index is 285. The average molecular weight is 334 g/mol. The third-order valence-corrected chi connectivity index (χ3v) is 4.33. The highest BCUT2D eigenvalue weighted by atomic mass is 16.3. The Kier molecular flexibility index (Phi) is 12.1. The van der Waals surface area contributed by atoms with E-state index in [0.29, 0.717) is 37.5 Å². The van der Waals surface area contributed by atoms with Gasteiger partial charge in [-0.25, -0.2) is 0 Å². The van der Waals surface area contributed by atoms with E-state index in [9.17, 15) is 25.5 Å². The fourth-order valence-corrected chi connectivity index (χ4v) is 3.29. The number of aliphatic hydroxyl groups excluding tert-OH is 5. The summed E-state index contributed by atoms with van der Waals surface area (Å²) in [5.74, 6) is 0.612. The smallest absolute Gasteiger partial charge is 0.0589 e. The molecule has 0 aliphatic carbocycles. The predicted octanol–water partition coefficient (Wildman–Crippen LogP) is 1.83. The molecule has 0 saturated heterocycles. The van der Waals surface area contributed by atoms with Gasteiger partial charge in [0.1, 0.15) is 0 Å². The summed E-state index contributed by atoms with van der Waals surface area (Å²) in [4.78, 5) is 0. The molecule has 0 saturated carbocycles. The van der Waals surface area contributed by atoms with E-state index in [4.69, 9.17) is 0 Å². The van der Waals surface area contributed by atoms with Gasteiger partial charge in [0.2, 0.25) is 0 Å². The standard InChI is InChI=1S/C18H38O5/c1-5-15(20)10-16(21)7-12(2)6-13(3)8-17(22)11-18(23)9-14(4)19/h12-23H,5-11H2,1-4H3. The molecule has 5 N–H and O–H groups in total. The quantitative estimate of drug-likeness (QED) is 0.354. The summed E-state index contributed by atoms with van der Waals surface area (Å²) in [6.45, 7) is 7.66. The third-order valence-electron chi connectivity index (χ3n) is 4.33. The van der Waals surface area contributed by atoms with Crippen LogP contribution in [0.3, 0.4) is 0 Å². The van der Waals surface area contributed by atoms with Crippen LogP contribution >= 0.6 is 0 Å². The lowest BCUT2D eigenvalue weighted by molar-refractivity contribution is 0.0347. The van der Waals surface area contributed by atoms with Crippen LogP contribution in [0.1, 0.15) is 72.6 Å². The van der Waals surface area contributed by atoms with Crippen molar-refractivity contribution in [3.63, 3.8) is 0 Å². The lowest BCUT2D eigenvalue weighted by Gasteiger charge is -2.24. The first-order chi connectivity index (χ1) is 10.6. The van der Waals surface area contributed by atoms with Crippen molar-refractivity contribution in [2.75, 3.05) is 0 Å². The lowest BCUT2D eigenvalue weighted by atomic mass is 9.87. The summed E-state index contributed by atoms with van der Waals surface area (Å²) in [6.07, 6.45) is 1.07. The van der Waals surface area contributed by atoms with Gasteiger partial charge in [-0.2, -0.15) is 0 Å². The number of hydrogen-bond acceptors (Lipinski definition) is 5. The molecule has 0 aromatic heterocycles. The average Bonchev–Trinajstić information content (AvgIpc) is 2.35. The SMILES string of the molecule is CCC(O)CC(O)CC(C)CC(C)CC(O)CC(O)CC(C)O. The van der Waals surface area contributed by atoms with E-state index in [-0.39, 0.29) is 12.8 Å². The first kappa shape index (κ1) is 22.8. The van der Waals surface area contributed by atoms with Gasteiger partial charge in [-0.1, -0.05) is 20.8 Å². The zero-order valence-corrected chi connectivity index (χ0v) is 15.2. The van der Waals surface area contributed by atoms with Crippen LogP contribution in [0.15, 0.2) is 0 Å². The highest BCUT2D eigenvalue weighted by Gasteiger charge is 2.20. The van der Waals surface area contributed by atoms with Gasteiger partial charge in [0.25, 0.3) is 0 Å². The Labute approximate surface area is 141 Å². The van der Waals surface area contributed by atoms with Crippen LogP contribution < -0.4 is 0 Å². The van der Waals surface area contributed by atoms with Crippen molar-refractivity contribution < 1.29 is 25.5 Å². The molecule has 0 bridgehead atoms. The van der Waals surface area contributed by atoms with Gasteiger partial charge in [0, 0.05) is 0 Å². The second kappa shape index (κ2) is 12.2. The van der Waals surface area contributed by atoms with Crippen LogP contribution in [0.4, 0.5) is 0 Å². The topological polar surface area (TPSA) is 101 Å². The molecule has 23 heavy (non-hydrogen) atoms. The molecule has 0 aliphatic rings. The molecule has 140 valence electrons. The molecule has 0 amide bonds. The highest BCUT2D eigenvalue weighted by Crippen LogP contribution is 2.23. The summed E-state index contributed by atoms with van der Waals surface area (Å²) in [5, 5.41) is 48.5. The van der Waals surface area contributed by atoms with E-state index in [0.717, 1.165) is 6.42 Å². The van der Waals surface area contributed by atoms with E-state index in [2.05, 4.69) is 13.8 Å². The molecular formula is C18H38O5. The van der Waals surface area contributed by atoms with Crippen LogP contribution in [-0.4, -0.2) is 56.1 Å². The fourth-order valence-electron chi connectivity index (χ4n) is 3.29. The molecule has 0 spiro atoms. The van der Waals surface area contributed by atoms with E-state index in [1.54, 1.807) is 6.92 Å². The highest BCUT2D eigenvalue weighted by molar-refractivity contribution is 4.72. The maximum Gasteiger partial charge on any atom is 0.0589 e. The van der Waals surface area contributed by atoms with Crippen molar-refractivity contribution in [2.24, 2.45) is 11.8 Å². The Hall–Kier alpha value is -0.200. The molecule has 7 unspecified atom stereocenters. The molecular weight excluding hydrogens is 296 g/mol. The van der Waals surface area contributed by atoms with E-state index in [1.807, 2.05) is 6.92 Å². The maximum absolute atomic E-state index is 10.0. The predicted molar refractivity (Wildman–Crippen MR) is 92.0 cm³/mol. The van der Waals surface area contributed by atoms with Crippen molar-refractivity contribution in [1.29, 1.82) is 0 Å². The summed E-state index contributed by atoms with van der Waals surface area (Å²) >= 11 is 0. The van der Waals surface area contributed by atoms with Crippen molar-refractivity contribution in [3.05, 3.63) is 0 Å². The van der Waals surface area contributed by atoms with E-state index >= 15 is 0 Å². The van der Waals surface area contributed by atoms with Gasteiger partial charge in [-0.15, -0.1) is 0 Å². The van der Waals surface area contributed by atoms with E-state index < -0.39 is 30.5 Å². The Morgan fingerprint density at radius 1 is 0.522 bits per heavy atom. The second-order valence-corrected chi connectivity index (χ2v) is 7.50. The largest absolute Gasteiger partial charge is 0.393 e. The maximum atomic E-state index is 10.0. The zero-order chi connectivity index (χ0) is 18.0. The van der Waals surface area contributed by atoms with Crippen molar-refractivity contribution >= 4 is 0 Å². The van der Waals surface area contributed by atoms with Crippen molar-refractivity contribution in [1.82, 2.24) is 0 Å². The normalized spacial score (nSPS) is 21.3. The van der Waals surface area contributed by atoms with Gasteiger partial charge < -0.3 is 25.5 Å². The lowest BCUT2D eigenvalue weighted by Crippen LogP contribution is -2.24. The molecule has 5 heteroatoms. The summed E-state index contributed by atoms with van der Waals surface area (Å²) in [5.41, 5.74) is 0. The molecule has 0 fully saturated rings. The number of rotatable bonds is 13. The first-order valence-electron chi connectivity index (χ1n) is 9.04. The molecule has 0 aromatic carbocycles. The Balaban J connectivity index is 4.00. The number of hydrogen-bond donors (Lipinski definition) is 5.